The second-order valence-electron chi connectivity index (χ2n) is 6.32. The van der Waals surface area contributed by atoms with E-state index in [-0.39, 0.29) is 23.3 Å². The van der Waals surface area contributed by atoms with E-state index in [1.54, 1.807) is 37.6 Å². The first-order valence-corrected chi connectivity index (χ1v) is 10.1. The van der Waals surface area contributed by atoms with E-state index < -0.39 is 9.84 Å². The van der Waals surface area contributed by atoms with Crippen LogP contribution in [0.4, 0.5) is 0 Å². The Bertz CT molecular complexity index is 969. The molecule has 0 radical (unpaired) electrons. The number of allylic oxidation sites excluding steroid dienone is 1. The first-order valence-electron chi connectivity index (χ1n) is 7.92. The third kappa shape index (κ3) is 3.57. The number of furan rings is 1. The molecule has 25 heavy (non-hydrogen) atoms. The monoisotopic (exact) mass is 382 g/mol. The molecule has 2 aromatic heterocycles. The summed E-state index contributed by atoms with van der Waals surface area (Å²) < 4.78 is 30.3. The Kier molecular flexibility index (Phi) is 4.64. The molecule has 3 heterocycles. The number of hydrogen-bond donors (Lipinski definition) is 0. The Morgan fingerprint density at radius 2 is 2.12 bits per heavy atom. The third-order valence-corrected chi connectivity index (χ3v) is 6.46. The normalized spacial score (nSPS) is 19.8. The number of ketones is 1. The fraction of sp³-hybridized carbons (Fsp3) is 0.412. The fourth-order valence-electron chi connectivity index (χ4n) is 3.06. The van der Waals surface area contributed by atoms with Gasteiger partial charge in [0, 0.05) is 5.56 Å². The highest BCUT2D eigenvalue weighted by atomic mass is 35.5. The van der Waals surface area contributed by atoms with Crippen LogP contribution in [0.1, 0.15) is 45.6 Å². The van der Waals surface area contributed by atoms with Crippen molar-refractivity contribution in [1.82, 2.24) is 9.78 Å². The largest absolute Gasteiger partial charge is 0.466 e. The van der Waals surface area contributed by atoms with Crippen LogP contribution in [0.25, 0.3) is 6.08 Å². The molecule has 3 rings (SSSR count). The van der Waals surface area contributed by atoms with Gasteiger partial charge >= 0.3 is 0 Å². The summed E-state index contributed by atoms with van der Waals surface area (Å²) in [4.78, 5) is 12.3. The molecule has 6 nitrogen and oxygen atoms in total. The summed E-state index contributed by atoms with van der Waals surface area (Å²) in [6, 6.07) is 1.44. The molecule has 0 aromatic carbocycles. The van der Waals surface area contributed by atoms with Crippen molar-refractivity contribution in [3.05, 3.63) is 45.6 Å². The van der Waals surface area contributed by atoms with Crippen LogP contribution < -0.4 is 0 Å². The number of nitrogens with zero attached hydrogens (tertiary/aromatic N) is 2. The summed E-state index contributed by atoms with van der Waals surface area (Å²) in [6.07, 6.45) is 3.55. The first-order chi connectivity index (χ1) is 11.7. The predicted octanol–water partition coefficient (Wildman–Crippen LogP) is 3.31. The van der Waals surface area contributed by atoms with E-state index in [0.717, 1.165) is 0 Å². The minimum Gasteiger partial charge on any atom is -0.466 e. The van der Waals surface area contributed by atoms with Crippen molar-refractivity contribution in [2.75, 3.05) is 11.5 Å². The van der Waals surface area contributed by atoms with Crippen molar-refractivity contribution >= 4 is 33.3 Å². The van der Waals surface area contributed by atoms with E-state index in [1.807, 2.05) is 0 Å². The molecule has 2 aromatic rings. The van der Waals surface area contributed by atoms with Gasteiger partial charge in [0.05, 0.1) is 28.8 Å². The van der Waals surface area contributed by atoms with Crippen molar-refractivity contribution < 1.29 is 17.6 Å². The maximum atomic E-state index is 12.3. The van der Waals surface area contributed by atoms with Gasteiger partial charge in [-0.25, -0.2) is 13.1 Å². The van der Waals surface area contributed by atoms with Gasteiger partial charge in [-0.1, -0.05) is 11.6 Å². The standard InChI is InChI=1S/C17H19ClN2O4S/c1-10-8-15(12(3)24-10)16(21)5-4-14-11(2)19-20(17(14)18)13-6-7-25(22,23)9-13/h4-5,8,13H,6-7,9H2,1-3H3/b5-4+/t13-/m0/s1. The summed E-state index contributed by atoms with van der Waals surface area (Å²) in [5.41, 5.74) is 1.78. The van der Waals surface area contributed by atoms with Crippen LogP contribution in [-0.2, 0) is 9.84 Å². The average Bonchev–Trinajstić information content (AvgIpc) is 3.13. The number of halogens is 1. The van der Waals surface area contributed by atoms with E-state index >= 15 is 0 Å². The topological polar surface area (TPSA) is 82.2 Å². The highest BCUT2D eigenvalue weighted by Crippen LogP contribution is 2.30. The van der Waals surface area contributed by atoms with Crippen molar-refractivity contribution in [2.45, 2.75) is 33.2 Å². The van der Waals surface area contributed by atoms with Gasteiger partial charge < -0.3 is 4.42 Å². The van der Waals surface area contributed by atoms with Crippen LogP contribution in [0.15, 0.2) is 16.6 Å². The summed E-state index contributed by atoms with van der Waals surface area (Å²) in [5.74, 6) is 1.26. The molecule has 1 saturated heterocycles. The van der Waals surface area contributed by atoms with Crippen molar-refractivity contribution in [3.63, 3.8) is 0 Å². The molecule has 0 aliphatic carbocycles. The van der Waals surface area contributed by atoms with E-state index in [1.165, 1.54) is 6.08 Å². The molecule has 0 amide bonds. The Hall–Kier alpha value is -1.86. The second kappa shape index (κ2) is 6.46. The zero-order valence-corrected chi connectivity index (χ0v) is 15.8. The minimum absolute atomic E-state index is 0.0451. The molecule has 1 fully saturated rings. The van der Waals surface area contributed by atoms with Gasteiger partial charge in [0.2, 0.25) is 0 Å². The lowest BCUT2D eigenvalue weighted by atomic mass is 10.1. The highest BCUT2D eigenvalue weighted by molar-refractivity contribution is 7.91. The van der Waals surface area contributed by atoms with Gasteiger partial charge in [-0.05, 0) is 45.4 Å². The van der Waals surface area contributed by atoms with Crippen LogP contribution in [0.2, 0.25) is 5.15 Å². The summed E-state index contributed by atoms with van der Waals surface area (Å²) in [5, 5.41) is 4.72. The molecule has 0 N–H and O–H groups in total. The van der Waals surface area contributed by atoms with Crippen LogP contribution in [0, 0.1) is 20.8 Å². The molecule has 1 atom stereocenters. The summed E-state index contributed by atoms with van der Waals surface area (Å²) in [6.45, 7) is 5.31. The zero-order valence-electron chi connectivity index (χ0n) is 14.2. The van der Waals surface area contributed by atoms with E-state index in [0.29, 0.717) is 39.9 Å². The molecule has 134 valence electrons. The van der Waals surface area contributed by atoms with E-state index in [4.69, 9.17) is 16.0 Å². The van der Waals surface area contributed by atoms with Crippen molar-refractivity contribution in [2.24, 2.45) is 0 Å². The molecule has 0 bridgehead atoms. The number of aromatic nitrogens is 2. The lowest BCUT2D eigenvalue weighted by Gasteiger charge is -2.09. The molecular formula is C17H19ClN2O4S. The predicted molar refractivity (Wildman–Crippen MR) is 95.8 cm³/mol. The smallest absolute Gasteiger partial charge is 0.189 e. The number of carbonyl (C=O) groups excluding carboxylic acids is 1. The SMILES string of the molecule is Cc1cc(C(=O)/C=C/c2c(C)nn([C@H]3CCS(=O)(=O)C3)c2Cl)c(C)o1. The molecule has 1 aliphatic heterocycles. The van der Waals surface area contributed by atoms with Gasteiger partial charge in [0.25, 0.3) is 0 Å². The fourth-order valence-corrected chi connectivity index (χ4v) is 5.12. The van der Waals surface area contributed by atoms with Gasteiger partial charge in [-0.2, -0.15) is 5.10 Å². The van der Waals surface area contributed by atoms with Gasteiger partial charge in [-0.15, -0.1) is 0 Å². The Morgan fingerprint density at radius 3 is 2.68 bits per heavy atom. The highest BCUT2D eigenvalue weighted by Gasteiger charge is 2.31. The summed E-state index contributed by atoms with van der Waals surface area (Å²) >= 11 is 6.39. The van der Waals surface area contributed by atoms with Gasteiger partial charge in [0.15, 0.2) is 15.6 Å². The van der Waals surface area contributed by atoms with E-state index in [2.05, 4.69) is 5.10 Å². The Labute approximate surface area is 151 Å². The Balaban J connectivity index is 1.86. The quantitative estimate of drug-likeness (QED) is 0.598. The number of sulfone groups is 1. The second-order valence-corrected chi connectivity index (χ2v) is 8.90. The first kappa shape index (κ1) is 17.9. The van der Waals surface area contributed by atoms with Crippen molar-refractivity contribution in [1.29, 1.82) is 0 Å². The lowest BCUT2D eigenvalue weighted by molar-refractivity contribution is 0.104. The molecule has 8 heteroatoms. The van der Waals surface area contributed by atoms with Gasteiger partial charge in [-0.3, -0.25) is 4.79 Å². The molecular weight excluding hydrogens is 364 g/mol. The van der Waals surface area contributed by atoms with Crippen LogP contribution in [-0.4, -0.2) is 35.5 Å². The molecule has 0 unspecified atom stereocenters. The van der Waals surface area contributed by atoms with Crippen LogP contribution in [0.3, 0.4) is 0 Å². The van der Waals surface area contributed by atoms with E-state index in [9.17, 15) is 13.2 Å². The Morgan fingerprint density at radius 1 is 1.40 bits per heavy atom. The van der Waals surface area contributed by atoms with Crippen LogP contribution >= 0.6 is 11.6 Å². The average molecular weight is 383 g/mol. The summed E-state index contributed by atoms with van der Waals surface area (Å²) in [7, 11) is -3.03. The number of rotatable bonds is 4. The zero-order chi connectivity index (χ0) is 18.4. The minimum atomic E-state index is -3.03. The molecule has 0 spiro atoms. The molecule has 1 aliphatic rings. The number of aryl methyl sites for hydroxylation is 3. The lowest BCUT2D eigenvalue weighted by Crippen LogP contribution is -2.12. The maximum absolute atomic E-state index is 12.3. The van der Waals surface area contributed by atoms with Gasteiger partial charge in [0.1, 0.15) is 16.7 Å². The number of hydrogen-bond acceptors (Lipinski definition) is 5. The van der Waals surface area contributed by atoms with Crippen LogP contribution in [0.5, 0.6) is 0 Å². The third-order valence-electron chi connectivity index (χ3n) is 4.33. The van der Waals surface area contributed by atoms with Crippen molar-refractivity contribution in [3.8, 4) is 0 Å². The molecule has 0 saturated carbocycles. The maximum Gasteiger partial charge on any atom is 0.189 e. The number of carbonyl (C=O) groups is 1.